The fourth-order valence-electron chi connectivity index (χ4n) is 2.61. The molecular weight excluding hydrogens is 170 g/mol. The van der Waals surface area contributed by atoms with Crippen molar-refractivity contribution in [1.82, 2.24) is 4.90 Å². The number of carboxylic acid groups (broad SMARTS) is 1. The molecule has 2 bridgehead atoms. The highest BCUT2D eigenvalue weighted by Crippen LogP contribution is 2.37. The maximum atomic E-state index is 10.6. The van der Waals surface area contributed by atoms with Crippen LogP contribution in [0.4, 0.5) is 0 Å². The van der Waals surface area contributed by atoms with E-state index in [1.807, 2.05) is 0 Å². The highest BCUT2D eigenvalue weighted by molar-refractivity contribution is 5.68. The molecule has 0 radical (unpaired) electrons. The highest BCUT2D eigenvalue weighted by Gasteiger charge is 2.46. The summed E-state index contributed by atoms with van der Waals surface area (Å²) in [6.45, 7) is 2.59. The lowest BCUT2D eigenvalue weighted by Crippen LogP contribution is -2.59. The zero-order valence-corrected chi connectivity index (χ0v) is 7.57. The lowest BCUT2D eigenvalue weighted by atomic mass is 9.74. The van der Waals surface area contributed by atoms with E-state index < -0.39 is 11.6 Å². The first kappa shape index (κ1) is 8.97. The van der Waals surface area contributed by atoms with E-state index in [4.69, 9.17) is 5.11 Å². The lowest BCUT2D eigenvalue weighted by Gasteiger charge is -2.49. The molecule has 3 fully saturated rings. The van der Waals surface area contributed by atoms with Crippen LogP contribution in [0.25, 0.3) is 0 Å². The summed E-state index contributed by atoms with van der Waals surface area (Å²) in [7, 11) is 0. The van der Waals surface area contributed by atoms with Crippen molar-refractivity contribution in [2.24, 2.45) is 5.92 Å². The van der Waals surface area contributed by atoms with E-state index in [0.29, 0.717) is 6.54 Å². The molecule has 1 unspecified atom stereocenters. The van der Waals surface area contributed by atoms with Gasteiger partial charge in [0.05, 0.1) is 12.0 Å². The SMILES string of the molecule is O=C(O)CC1(O)CN2CCC1CC2. The summed E-state index contributed by atoms with van der Waals surface area (Å²) in [6.07, 6.45) is 1.79. The molecule has 0 aromatic heterocycles. The molecule has 3 rings (SSSR count). The second kappa shape index (κ2) is 2.96. The standard InChI is InChI=1S/C9H15NO3/c11-8(12)5-9(13)6-10-3-1-7(9)2-4-10/h7,13H,1-6H2,(H,11,12). The third-order valence-electron chi connectivity index (χ3n) is 3.30. The average Bonchev–Trinajstić information content (AvgIpc) is 2.03. The minimum absolute atomic E-state index is 0.103. The molecule has 1 atom stereocenters. The van der Waals surface area contributed by atoms with Crippen LogP contribution in [0.1, 0.15) is 19.3 Å². The van der Waals surface area contributed by atoms with Gasteiger partial charge in [-0.05, 0) is 31.8 Å². The van der Waals surface area contributed by atoms with Gasteiger partial charge in [0.2, 0.25) is 0 Å². The van der Waals surface area contributed by atoms with Gasteiger partial charge in [0.25, 0.3) is 0 Å². The van der Waals surface area contributed by atoms with Crippen molar-refractivity contribution < 1.29 is 15.0 Å². The molecule has 2 N–H and O–H groups in total. The third kappa shape index (κ3) is 1.56. The van der Waals surface area contributed by atoms with Gasteiger partial charge in [-0.3, -0.25) is 4.79 Å². The smallest absolute Gasteiger partial charge is 0.306 e. The van der Waals surface area contributed by atoms with Crippen molar-refractivity contribution in [1.29, 1.82) is 0 Å². The van der Waals surface area contributed by atoms with Gasteiger partial charge in [0.15, 0.2) is 0 Å². The summed E-state index contributed by atoms with van der Waals surface area (Å²) in [5.74, 6) is -0.690. The maximum absolute atomic E-state index is 10.6. The molecule has 3 saturated heterocycles. The van der Waals surface area contributed by atoms with Crippen LogP contribution in [0.2, 0.25) is 0 Å². The van der Waals surface area contributed by atoms with Gasteiger partial charge >= 0.3 is 5.97 Å². The molecule has 3 aliphatic rings. The molecule has 3 heterocycles. The van der Waals surface area contributed by atoms with Crippen LogP contribution in [0, 0.1) is 5.92 Å². The Morgan fingerprint density at radius 1 is 1.46 bits per heavy atom. The Balaban J connectivity index is 2.09. The Morgan fingerprint density at radius 2 is 2.08 bits per heavy atom. The lowest BCUT2D eigenvalue weighted by molar-refractivity contribution is -0.156. The fourth-order valence-corrected chi connectivity index (χ4v) is 2.61. The van der Waals surface area contributed by atoms with Gasteiger partial charge < -0.3 is 15.1 Å². The van der Waals surface area contributed by atoms with Gasteiger partial charge in [-0.15, -0.1) is 0 Å². The first-order valence-corrected chi connectivity index (χ1v) is 4.77. The summed E-state index contributed by atoms with van der Waals surface area (Å²) < 4.78 is 0. The molecule has 0 aliphatic carbocycles. The Kier molecular flexibility index (Phi) is 2.04. The molecule has 0 spiro atoms. The van der Waals surface area contributed by atoms with Gasteiger partial charge in [-0.1, -0.05) is 0 Å². The predicted molar refractivity (Wildman–Crippen MR) is 46.4 cm³/mol. The van der Waals surface area contributed by atoms with Crippen molar-refractivity contribution >= 4 is 5.97 Å². The summed E-state index contributed by atoms with van der Waals surface area (Å²) >= 11 is 0. The number of carboxylic acids is 1. The van der Waals surface area contributed by atoms with Crippen LogP contribution < -0.4 is 0 Å². The summed E-state index contributed by atoms with van der Waals surface area (Å²) in [5.41, 5.74) is -0.956. The summed E-state index contributed by atoms with van der Waals surface area (Å²) in [4.78, 5) is 12.7. The summed E-state index contributed by atoms with van der Waals surface area (Å²) in [5, 5.41) is 18.8. The van der Waals surface area contributed by atoms with Crippen LogP contribution in [-0.4, -0.2) is 46.3 Å². The van der Waals surface area contributed by atoms with Crippen LogP contribution in [0.5, 0.6) is 0 Å². The Hall–Kier alpha value is -0.610. The number of piperidine rings is 3. The zero-order valence-electron chi connectivity index (χ0n) is 7.57. The number of hydrogen-bond donors (Lipinski definition) is 2. The van der Waals surface area contributed by atoms with Crippen molar-refractivity contribution in [2.75, 3.05) is 19.6 Å². The van der Waals surface area contributed by atoms with Gasteiger partial charge in [0.1, 0.15) is 0 Å². The quantitative estimate of drug-likeness (QED) is 0.631. The number of fused-ring (bicyclic) bond motifs is 3. The van der Waals surface area contributed by atoms with Crippen LogP contribution in [-0.2, 0) is 4.79 Å². The number of rotatable bonds is 2. The number of aliphatic carboxylic acids is 1. The highest BCUT2D eigenvalue weighted by atomic mass is 16.4. The van der Waals surface area contributed by atoms with Crippen LogP contribution in [0.15, 0.2) is 0 Å². The van der Waals surface area contributed by atoms with Crippen molar-refractivity contribution in [3.63, 3.8) is 0 Å². The van der Waals surface area contributed by atoms with Gasteiger partial charge in [0, 0.05) is 6.54 Å². The number of hydrogen-bond acceptors (Lipinski definition) is 3. The molecule has 74 valence electrons. The van der Waals surface area contributed by atoms with E-state index in [1.165, 1.54) is 0 Å². The zero-order chi connectivity index (χ0) is 9.47. The molecule has 0 saturated carbocycles. The fraction of sp³-hybridized carbons (Fsp3) is 0.889. The van der Waals surface area contributed by atoms with E-state index in [9.17, 15) is 9.90 Å². The molecule has 13 heavy (non-hydrogen) atoms. The minimum atomic E-state index is -0.956. The Morgan fingerprint density at radius 3 is 2.46 bits per heavy atom. The molecule has 3 aliphatic heterocycles. The maximum Gasteiger partial charge on any atom is 0.306 e. The Bertz CT molecular complexity index is 223. The van der Waals surface area contributed by atoms with Gasteiger partial charge in [-0.25, -0.2) is 0 Å². The third-order valence-corrected chi connectivity index (χ3v) is 3.30. The predicted octanol–water partition coefficient (Wildman–Crippen LogP) is -0.0822. The van der Waals surface area contributed by atoms with E-state index in [-0.39, 0.29) is 12.3 Å². The minimum Gasteiger partial charge on any atom is -0.481 e. The molecule has 4 nitrogen and oxygen atoms in total. The molecule has 0 aromatic carbocycles. The summed E-state index contributed by atoms with van der Waals surface area (Å²) in [6, 6.07) is 0. The average molecular weight is 185 g/mol. The van der Waals surface area contributed by atoms with E-state index in [2.05, 4.69) is 4.90 Å². The first-order chi connectivity index (χ1) is 6.10. The van der Waals surface area contributed by atoms with Crippen molar-refractivity contribution in [2.45, 2.75) is 24.9 Å². The molecule has 0 aromatic rings. The topological polar surface area (TPSA) is 60.8 Å². The van der Waals surface area contributed by atoms with E-state index >= 15 is 0 Å². The number of nitrogens with zero attached hydrogens (tertiary/aromatic N) is 1. The number of carbonyl (C=O) groups is 1. The molecular formula is C9H15NO3. The second-order valence-electron chi connectivity index (χ2n) is 4.22. The molecule has 4 heteroatoms. The normalized spacial score (nSPS) is 43.5. The second-order valence-corrected chi connectivity index (χ2v) is 4.22. The number of aliphatic hydroxyl groups is 1. The van der Waals surface area contributed by atoms with Gasteiger partial charge in [-0.2, -0.15) is 0 Å². The molecule has 0 amide bonds. The Labute approximate surface area is 77.2 Å². The van der Waals surface area contributed by atoms with E-state index in [1.54, 1.807) is 0 Å². The van der Waals surface area contributed by atoms with Crippen molar-refractivity contribution in [3.8, 4) is 0 Å². The first-order valence-electron chi connectivity index (χ1n) is 4.77. The van der Waals surface area contributed by atoms with E-state index in [0.717, 1.165) is 25.9 Å². The largest absolute Gasteiger partial charge is 0.481 e. The van der Waals surface area contributed by atoms with Crippen LogP contribution >= 0.6 is 0 Å². The van der Waals surface area contributed by atoms with Crippen molar-refractivity contribution in [3.05, 3.63) is 0 Å². The van der Waals surface area contributed by atoms with Crippen LogP contribution in [0.3, 0.4) is 0 Å². The monoisotopic (exact) mass is 185 g/mol.